The molecule has 0 saturated carbocycles. The Morgan fingerprint density at radius 3 is 2.45 bits per heavy atom. The van der Waals surface area contributed by atoms with Crippen molar-refractivity contribution < 1.29 is 22.7 Å². The molecule has 0 unspecified atom stereocenters. The summed E-state index contributed by atoms with van der Waals surface area (Å²) in [6.45, 7) is 7.35. The summed E-state index contributed by atoms with van der Waals surface area (Å²) in [5.41, 5.74) is 3.12. The minimum Gasteiger partial charge on any atom is -0.441 e. The number of nitrogens with zero attached hydrogens (tertiary/aromatic N) is 2. The van der Waals surface area contributed by atoms with Crippen LogP contribution in [0.5, 0.6) is 0 Å². The first-order valence-corrected chi connectivity index (χ1v) is 15.3. The zero-order valence-corrected chi connectivity index (χ0v) is 25.4. The number of carbonyl (C=O) groups is 1. The molecule has 0 aliphatic rings. The predicted octanol–water partition coefficient (Wildman–Crippen LogP) is 5.26. The molecule has 0 aliphatic heterocycles. The van der Waals surface area contributed by atoms with E-state index in [2.05, 4.69) is 26.2 Å². The van der Waals surface area contributed by atoms with Gasteiger partial charge in [0.15, 0.2) is 11.5 Å². The zero-order valence-electron chi connectivity index (χ0n) is 23.0. The second kappa shape index (κ2) is 12.6. The van der Waals surface area contributed by atoms with Gasteiger partial charge in [-0.05, 0) is 60.7 Å². The lowest BCUT2D eigenvalue weighted by Gasteiger charge is -2.31. The maximum Gasteiger partial charge on any atom is 0.251 e. The number of carbonyl (C=O) groups excluding carboxylic acids is 1. The zero-order chi connectivity index (χ0) is 29.0. The molecule has 8 nitrogen and oxygen atoms in total. The van der Waals surface area contributed by atoms with E-state index in [0.717, 1.165) is 15.6 Å². The molecule has 10 heteroatoms. The molecule has 0 spiro atoms. The molecule has 0 radical (unpaired) electrons. The number of hydrogen-bond donors (Lipinski definition) is 2. The molecular weight excluding hydrogens is 594 g/mol. The summed E-state index contributed by atoms with van der Waals surface area (Å²) >= 11 is 3.42. The molecule has 0 saturated heterocycles. The van der Waals surface area contributed by atoms with Crippen molar-refractivity contribution in [3.63, 3.8) is 0 Å². The van der Waals surface area contributed by atoms with E-state index in [9.17, 15) is 18.3 Å². The topological polar surface area (TPSA) is 113 Å². The number of rotatable bonds is 11. The van der Waals surface area contributed by atoms with E-state index in [4.69, 9.17) is 4.42 Å². The Morgan fingerprint density at radius 1 is 1.05 bits per heavy atom. The second-order valence-corrected chi connectivity index (χ2v) is 13.2. The summed E-state index contributed by atoms with van der Waals surface area (Å²) < 4.78 is 35.3. The van der Waals surface area contributed by atoms with Gasteiger partial charge < -0.3 is 14.8 Å². The average molecular weight is 629 g/mol. The highest BCUT2D eigenvalue weighted by Crippen LogP contribution is 2.24. The number of halogens is 1. The Bertz CT molecular complexity index is 1590. The van der Waals surface area contributed by atoms with Crippen LogP contribution in [0.3, 0.4) is 0 Å². The molecule has 4 aromatic rings. The maximum atomic E-state index is 13.8. The van der Waals surface area contributed by atoms with Crippen LogP contribution in [0.15, 0.2) is 80.5 Å². The van der Waals surface area contributed by atoms with Crippen molar-refractivity contribution >= 4 is 43.0 Å². The van der Waals surface area contributed by atoms with Gasteiger partial charge in [-0.2, -0.15) is 4.31 Å². The molecule has 0 bridgehead atoms. The van der Waals surface area contributed by atoms with Crippen LogP contribution in [0.2, 0.25) is 0 Å². The predicted molar refractivity (Wildman–Crippen MR) is 159 cm³/mol. The van der Waals surface area contributed by atoms with Crippen LogP contribution < -0.4 is 5.32 Å². The summed E-state index contributed by atoms with van der Waals surface area (Å²) in [4.78, 5) is 17.6. The number of nitrogens with one attached hydrogen (secondary N) is 1. The van der Waals surface area contributed by atoms with E-state index in [1.165, 1.54) is 16.4 Å². The molecule has 0 aliphatic carbocycles. The number of aliphatic hydroxyl groups excluding tert-OH is 1. The number of aryl methyl sites for hydroxylation is 2. The van der Waals surface area contributed by atoms with E-state index in [1.54, 1.807) is 25.1 Å². The molecule has 1 heterocycles. The normalized spacial score (nSPS) is 13.6. The quantitative estimate of drug-likeness (QED) is 0.235. The smallest absolute Gasteiger partial charge is 0.251 e. The van der Waals surface area contributed by atoms with Crippen LogP contribution in [-0.2, 0) is 16.4 Å². The van der Waals surface area contributed by atoms with Gasteiger partial charge in [0.2, 0.25) is 10.0 Å². The van der Waals surface area contributed by atoms with E-state index in [-0.39, 0.29) is 29.8 Å². The van der Waals surface area contributed by atoms with Crippen LogP contribution in [-0.4, -0.2) is 54.0 Å². The monoisotopic (exact) mass is 627 g/mol. The van der Waals surface area contributed by atoms with Crippen LogP contribution in [0.4, 0.5) is 0 Å². The molecule has 2 atom stereocenters. The molecule has 2 N–H and O–H groups in total. The van der Waals surface area contributed by atoms with Gasteiger partial charge in [-0.1, -0.05) is 60.1 Å². The van der Waals surface area contributed by atoms with E-state index in [1.807, 2.05) is 57.2 Å². The molecule has 3 aromatic carbocycles. The number of benzene rings is 3. The number of sulfonamides is 1. The third-order valence-electron chi connectivity index (χ3n) is 6.58. The van der Waals surface area contributed by atoms with Crippen LogP contribution in [0.1, 0.15) is 41.2 Å². The highest BCUT2D eigenvalue weighted by Gasteiger charge is 2.32. The van der Waals surface area contributed by atoms with Crippen molar-refractivity contribution in [3.8, 4) is 0 Å². The van der Waals surface area contributed by atoms with Crippen LogP contribution in [0.25, 0.3) is 11.1 Å². The van der Waals surface area contributed by atoms with Crippen molar-refractivity contribution in [2.24, 2.45) is 5.92 Å². The fraction of sp³-hybridized carbons (Fsp3) is 0.333. The average Bonchev–Trinajstić information content (AvgIpc) is 3.27. The highest BCUT2D eigenvalue weighted by molar-refractivity contribution is 9.10. The number of aromatic nitrogens is 1. The molecule has 1 amide bonds. The van der Waals surface area contributed by atoms with Gasteiger partial charge in [-0.15, -0.1) is 0 Å². The lowest BCUT2D eigenvalue weighted by atomic mass is 9.99. The third-order valence-corrected chi connectivity index (χ3v) is 8.90. The number of aliphatic hydroxyl groups is 1. The number of amides is 1. The SMILES string of the molecule is Cc1nc2ccc(S(=O)(=O)N(CC(C)C)C[C@@H](O)[C@H](Cc3ccccc3)NC(=O)c3ccc(Br)cc3C)cc2o1. The Labute approximate surface area is 243 Å². The van der Waals surface area contributed by atoms with Gasteiger partial charge in [0.05, 0.1) is 17.0 Å². The summed E-state index contributed by atoms with van der Waals surface area (Å²) in [6.07, 6.45) is -0.868. The number of oxazole rings is 1. The number of fused-ring (bicyclic) bond motifs is 1. The third kappa shape index (κ3) is 7.17. The van der Waals surface area contributed by atoms with Crippen molar-refractivity contribution in [2.75, 3.05) is 13.1 Å². The van der Waals surface area contributed by atoms with Crippen LogP contribution >= 0.6 is 15.9 Å². The highest BCUT2D eigenvalue weighted by atomic mass is 79.9. The Morgan fingerprint density at radius 2 is 1.77 bits per heavy atom. The lowest BCUT2D eigenvalue weighted by molar-refractivity contribution is 0.0775. The van der Waals surface area contributed by atoms with Crippen LogP contribution in [0, 0.1) is 19.8 Å². The summed E-state index contributed by atoms with van der Waals surface area (Å²) in [7, 11) is -4.00. The summed E-state index contributed by atoms with van der Waals surface area (Å²) in [5, 5.41) is 14.5. The summed E-state index contributed by atoms with van der Waals surface area (Å²) in [6, 6.07) is 18.7. The first kappa shape index (κ1) is 29.9. The molecule has 212 valence electrons. The molecule has 1 aromatic heterocycles. The van der Waals surface area contributed by atoms with Gasteiger partial charge in [0.1, 0.15) is 5.52 Å². The Kier molecular flexibility index (Phi) is 9.45. The molecule has 0 fully saturated rings. The first-order valence-electron chi connectivity index (χ1n) is 13.1. The van der Waals surface area contributed by atoms with Gasteiger partial charge in [-0.25, -0.2) is 13.4 Å². The molecular formula is C30H34BrN3O5S. The lowest BCUT2D eigenvalue weighted by Crippen LogP contribution is -2.51. The van der Waals surface area contributed by atoms with Crippen molar-refractivity contribution in [1.29, 1.82) is 0 Å². The van der Waals surface area contributed by atoms with Crippen molar-refractivity contribution in [3.05, 3.63) is 93.8 Å². The van der Waals surface area contributed by atoms with Gasteiger partial charge in [-0.3, -0.25) is 4.79 Å². The Hall–Kier alpha value is -3.05. The minimum atomic E-state index is -4.00. The second-order valence-electron chi connectivity index (χ2n) is 10.4. The van der Waals surface area contributed by atoms with Crippen molar-refractivity contribution in [1.82, 2.24) is 14.6 Å². The first-order chi connectivity index (χ1) is 18.9. The minimum absolute atomic E-state index is 0.00851. The Balaban J connectivity index is 1.63. The van der Waals surface area contributed by atoms with Gasteiger partial charge in [0.25, 0.3) is 5.91 Å². The molecule has 4 rings (SSSR count). The van der Waals surface area contributed by atoms with Gasteiger partial charge in [0, 0.05) is 36.1 Å². The van der Waals surface area contributed by atoms with E-state index in [0.29, 0.717) is 29.0 Å². The van der Waals surface area contributed by atoms with E-state index >= 15 is 0 Å². The number of hydrogen-bond acceptors (Lipinski definition) is 6. The summed E-state index contributed by atoms with van der Waals surface area (Å²) in [5.74, 6) is 0.0970. The fourth-order valence-electron chi connectivity index (χ4n) is 4.62. The molecule has 40 heavy (non-hydrogen) atoms. The van der Waals surface area contributed by atoms with Gasteiger partial charge >= 0.3 is 0 Å². The van der Waals surface area contributed by atoms with Crippen molar-refractivity contribution in [2.45, 2.75) is 51.2 Å². The van der Waals surface area contributed by atoms with E-state index < -0.39 is 22.2 Å². The maximum absolute atomic E-state index is 13.8. The fourth-order valence-corrected chi connectivity index (χ4v) is 6.74. The standard InChI is InChI=1S/C30H34BrN3O5S/c1-19(2)17-34(40(37,38)24-11-13-26-29(16-24)39-21(4)32-26)18-28(35)27(15-22-8-6-5-7-9-22)33-30(36)25-12-10-23(31)14-20(25)3/h5-14,16,19,27-28,35H,15,17-18H2,1-4H3,(H,33,36)/t27-,28+/m0/s1. The largest absolute Gasteiger partial charge is 0.441 e.